The molecule has 0 unspecified atom stereocenters. The molecule has 0 fully saturated rings. The van der Waals surface area contributed by atoms with Gasteiger partial charge in [0, 0.05) is 0 Å². The van der Waals surface area contributed by atoms with Gasteiger partial charge in [0.1, 0.15) is 0 Å². The van der Waals surface area contributed by atoms with Crippen molar-refractivity contribution >= 4 is 34.8 Å². The summed E-state index contributed by atoms with van der Waals surface area (Å²) in [5.74, 6) is -0.931. The number of aromatic hydroxyl groups is 2. The van der Waals surface area contributed by atoms with Gasteiger partial charge in [-0.2, -0.15) is 5.10 Å². The predicted molar refractivity (Wildman–Crippen MR) is 128 cm³/mol. The fourth-order valence-electron chi connectivity index (χ4n) is 3.20. The smallest absolute Gasteiger partial charge is 0.266 e. The molecule has 9 heteroatoms. The van der Waals surface area contributed by atoms with Crippen LogP contribution in [0, 0.1) is 6.92 Å². The van der Waals surface area contributed by atoms with Crippen LogP contribution < -0.4 is 11.0 Å². The van der Waals surface area contributed by atoms with Crippen LogP contribution in [0.25, 0.3) is 16.6 Å². The van der Waals surface area contributed by atoms with Gasteiger partial charge >= 0.3 is 0 Å². The maximum Gasteiger partial charge on any atom is 0.266 e. The van der Waals surface area contributed by atoms with Crippen molar-refractivity contribution in [3.63, 3.8) is 0 Å². The summed E-state index contributed by atoms with van der Waals surface area (Å²) in [4.78, 5) is 30.2. The number of phenolic OH excluding ortho intramolecular Hbond substituents is 2. The van der Waals surface area contributed by atoms with Gasteiger partial charge in [0.2, 0.25) is 0 Å². The highest BCUT2D eigenvalue weighted by Gasteiger charge is 2.15. The third-order valence-corrected chi connectivity index (χ3v) is 5.77. The van der Waals surface area contributed by atoms with Crippen molar-refractivity contribution in [2.24, 2.45) is 5.10 Å². The molecule has 0 aliphatic carbocycles. The molecule has 1 heterocycles. The molecule has 0 aliphatic rings. The minimum atomic E-state index is -0.391. The van der Waals surface area contributed by atoms with Crippen molar-refractivity contribution in [3.8, 4) is 17.2 Å². The molecule has 8 nitrogen and oxygen atoms in total. The molecule has 0 aliphatic heterocycles. The van der Waals surface area contributed by atoms with E-state index in [1.807, 2.05) is 37.3 Å². The Balaban J connectivity index is 1.56. The Bertz CT molecular complexity index is 1430. The Morgan fingerprint density at radius 2 is 1.85 bits per heavy atom. The van der Waals surface area contributed by atoms with Gasteiger partial charge in [0.15, 0.2) is 16.7 Å². The molecule has 0 spiro atoms. The Kier molecular flexibility index (Phi) is 6.41. The van der Waals surface area contributed by atoms with Gasteiger partial charge in [0.05, 0.1) is 28.6 Å². The summed E-state index contributed by atoms with van der Waals surface area (Å²) in [5, 5.41) is 23.6. The molecular weight excluding hydrogens is 440 g/mol. The second kappa shape index (κ2) is 9.58. The number of para-hydroxylation sites is 2. The van der Waals surface area contributed by atoms with Crippen LogP contribution in [0.1, 0.15) is 11.1 Å². The predicted octanol–water partition coefficient (Wildman–Crippen LogP) is 3.35. The number of nitrogens with zero attached hydrogens (tertiary/aromatic N) is 3. The number of fused-ring (bicyclic) bond motifs is 1. The third-order valence-electron chi connectivity index (χ3n) is 4.84. The number of thioether (sulfide) groups is 1. The van der Waals surface area contributed by atoms with E-state index < -0.39 is 5.91 Å². The zero-order valence-electron chi connectivity index (χ0n) is 17.6. The molecule has 0 bridgehead atoms. The lowest BCUT2D eigenvalue weighted by molar-refractivity contribution is -0.118. The van der Waals surface area contributed by atoms with Crippen LogP contribution in [0.3, 0.4) is 0 Å². The van der Waals surface area contributed by atoms with Gasteiger partial charge in [0.25, 0.3) is 11.5 Å². The highest BCUT2D eigenvalue weighted by molar-refractivity contribution is 7.99. The van der Waals surface area contributed by atoms with E-state index in [4.69, 9.17) is 0 Å². The average Bonchev–Trinajstić information content (AvgIpc) is 2.81. The van der Waals surface area contributed by atoms with Crippen molar-refractivity contribution in [3.05, 3.63) is 88.2 Å². The first-order valence-electron chi connectivity index (χ1n) is 9.98. The van der Waals surface area contributed by atoms with Crippen LogP contribution in [0.15, 0.2) is 81.8 Å². The van der Waals surface area contributed by atoms with Crippen molar-refractivity contribution < 1.29 is 15.0 Å². The number of aryl methyl sites for hydroxylation is 1. The summed E-state index contributed by atoms with van der Waals surface area (Å²) in [6.45, 7) is 1.91. The largest absolute Gasteiger partial charge is 0.504 e. The van der Waals surface area contributed by atoms with Gasteiger partial charge in [-0.1, -0.05) is 42.1 Å². The molecule has 3 aromatic carbocycles. The van der Waals surface area contributed by atoms with Gasteiger partial charge in [-0.25, -0.2) is 10.4 Å². The number of amides is 1. The fourth-order valence-corrected chi connectivity index (χ4v) is 4.00. The zero-order chi connectivity index (χ0) is 23.4. The van der Waals surface area contributed by atoms with E-state index in [0.29, 0.717) is 27.3 Å². The lowest BCUT2D eigenvalue weighted by Gasteiger charge is -2.14. The summed E-state index contributed by atoms with van der Waals surface area (Å²) < 4.78 is 1.53. The minimum Gasteiger partial charge on any atom is -0.504 e. The van der Waals surface area contributed by atoms with E-state index in [0.717, 1.165) is 17.3 Å². The molecule has 4 aromatic rings. The topological polar surface area (TPSA) is 117 Å². The number of hydrogen-bond donors (Lipinski definition) is 3. The van der Waals surface area contributed by atoms with Crippen LogP contribution in [-0.2, 0) is 4.79 Å². The summed E-state index contributed by atoms with van der Waals surface area (Å²) in [6, 6.07) is 18.8. The minimum absolute atomic E-state index is 0.0190. The second-order valence-corrected chi connectivity index (χ2v) is 8.11. The highest BCUT2D eigenvalue weighted by atomic mass is 32.2. The van der Waals surface area contributed by atoms with Crippen LogP contribution in [0.5, 0.6) is 11.5 Å². The molecule has 0 saturated heterocycles. The fraction of sp³-hybridized carbons (Fsp3) is 0.0833. The SMILES string of the molecule is Cc1ccccc1-n1c(SCC(=O)NN=Cc2ccc(O)c(O)c2)nc2ccccc2c1=O. The van der Waals surface area contributed by atoms with Crippen LogP contribution in [0.2, 0.25) is 0 Å². The Labute approximate surface area is 193 Å². The van der Waals surface area contributed by atoms with Crippen LogP contribution in [0.4, 0.5) is 0 Å². The molecule has 0 atom stereocenters. The number of rotatable bonds is 6. The molecule has 4 rings (SSSR count). The number of hydrazone groups is 1. The molecule has 1 aromatic heterocycles. The number of phenols is 2. The summed E-state index contributed by atoms with van der Waals surface area (Å²) in [7, 11) is 0. The molecular formula is C24H20N4O4S. The highest BCUT2D eigenvalue weighted by Crippen LogP contribution is 2.24. The Morgan fingerprint density at radius 1 is 1.09 bits per heavy atom. The number of carbonyl (C=O) groups is 1. The van der Waals surface area contributed by atoms with Crippen molar-refractivity contribution in [1.29, 1.82) is 0 Å². The molecule has 0 radical (unpaired) electrons. The first-order valence-corrected chi connectivity index (χ1v) is 11.0. The Hall–Kier alpha value is -4.11. The lowest BCUT2D eigenvalue weighted by Crippen LogP contribution is -2.24. The molecule has 1 amide bonds. The van der Waals surface area contributed by atoms with Gasteiger partial charge < -0.3 is 10.2 Å². The molecule has 3 N–H and O–H groups in total. The van der Waals surface area contributed by atoms with Gasteiger partial charge in [-0.05, 0) is 54.4 Å². The molecule has 166 valence electrons. The zero-order valence-corrected chi connectivity index (χ0v) is 18.4. The van der Waals surface area contributed by atoms with Crippen LogP contribution >= 0.6 is 11.8 Å². The normalized spacial score (nSPS) is 11.2. The van der Waals surface area contributed by atoms with Crippen LogP contribution in [-0.4, -0.2) is 37.6 Å². The maximum atomic E-state index is 13.3. The van der Waals surface area contributed by atoms with Gasteiger partial charge in [-0.15, -0.1) is 0 Å². The van der Waals surface area contributed by atoms with Crippen molar-refractivity contribution in [2.45, 2.75) is 12.1 Å². The number of nitrogens with one attached hydrogen (secondary N) is 1. The van der Waals surface area contributed by atoms with E-state index in [2.05, 4.69) is 15.5 Å². The van der Waals surface area contributed by atoms with E-state index in [9.17, 15) is 19.8 Å². The lowest BCUT2D eigenvalue weighted by atomic mass is 10.2. The van der Waals surface area contributed by atoms with E-state index in [1.165, 1.54) is 22.9 Å². The second-order valence-electron chi connectivity index (χ2n) is 7.17. The number of benzene rings is 3. The first-order chi connectivity index (χ1) is 15.9. The third kappa shape index (κ3) is 4.88. The van der Waals surface area contributed by atoms with Crippen molar-refractivity contribution in [2.75, 3.05) is 5.75 Å². The molecule has 0 saturated carbocycles. The Morgan fingerprint density at radius 3 is 2.64 bits per heavy atom. The van der Waals surface area contributed by atoms with E-state index >= 15 is 0 Å². The van der Waals surface area contributed by atoms with Gasteiger partial charge in [-0.3, -0.25) is 14.2 Å². The van der Waals surface area contributed by atoms with E-state index in [1.54, 1.807) is 24.3 Å². The summed E-state index contributed by atoms with van der Waals surface area (Å²) in [5.41, 5.74) is 4.87. The quantitative estimate of drug-likeness (QED) is 0.134. The maximum absolute atomic E-state index is 13.3. The summed E-state index contributed by atoms with van der Waals surface area (Å²) >= 11 is 1.13. The molecule has 33 heavy (non-hydrogen) atoms. The van der Waals surface area contributed by atoms with E-state index in [-0.39, 0.29) is 22.8 Å². The number of carbonyl (C=O) groups excluding carboxylic acids is 1. The number of hydrogen-bond acceptors (Lipinski definition) is 7. The number of aromatic nitrogens is 2. The summed E-state index contributed by atoms with van der Waals surface area (Å²) in [6.07, 6.45) is 1.35. The first kappa shape index (κ1) is 22.1. The standard InChI is InChI=1S/C24H20N4O4S/c1-15-6-2-5-9-19(15)28-23(32)17-7-3-4-8-18(17)26-24(28)33-14-22(31)27-25-13-16-10-11-20(29)21(30)12-16/h2-13,29-30H,14H2,1H3,(H,27,31). The average molecular weight is 461 g/mol. The monoisotopic (exact) mass is 460 g/mol. The van der Waals surface area contributed by atoms with Crippen molar-refractivity contribution in [1.82, 2.24) is 15.0 Å².